The molecule has 1 fully saturated rings. The van der Waals surface area contributed by atoms with Crippen LogP contribution in [0.1, 0.15) is 35.9 Å². The molecule has 1 aliphatic heterocycles. The lowest BCUT2D eigenvalue weighted by Gasteiger charge is -2.32. The zero-order chi connectivity index (χ0) is 24.3. The Morgan fingerprint density at radius 3 is 2.32 bits per heavy atom. The van der Waals surface area contributed by atoms with E-state index < -0.39 is 29.3 Å². The van der Waals surface area contributed by atoms with Gasteiger partial charge in [-0.1, -0.05) is 17.3 Å². The van der Waals surface area contributed by atoms with Crippen molar-refractivity contribution in [2.45, 2.75) is 32.0 Å². The number of carbonyl (C=O) groups excluding carboxylic acids is 1. The van der Waals surface area contributed by atoms with E-state index in [4.69, 9.17) is 9.47 Å². The maximum Gasteiger partial charge on any atom is 0.435 e. The van der Waals surface area contributed by atoms with Crippen molar-refractivity contribution in [3.63, 3.8) is 0 Å². The van der Waals surface area contributed by atoms with Crippen molar-refractivity contribution in [1.82, 2.24) is 19.9 Å². The number of halogens is 4. The zero-order valence-corrected chi connectivity index (χ0v) is 18.3. The van der Waals surface area contributed by atoms with Crippen LogP contribution in [0.25, 0.3) is 5.69 Å². The average Bonchev–Trinajstić information content (AvgIpc) is 3.27. The molecule has 1 saturated heterocycles. The molecule has 2 aromatic carbocycles. The van der Waals surface area contributed by atoms with Gasteiger partial charge in [-0.3, -0.25) is 4.79 Å². The largest absolute Gasteiger partial charge is 0.490 e. The molecule has 0 bridgehead atoms. The van der Waals surface area contributed by atoms with Crippen molar-refractivity contribution in [1.29, 1.82) is 0 Å². The molecule has 1 amide bonds. The summed E-state index contributed by atoms with van der Waals surface area (Å²) in [6.07, 6.45) is -4.25. The average molecular weight is 478 g/mol. The summed E-state index contributed by atoms with van der Waals surface area (Å²) in [4.78, 5) is 14.3. The van der Waals surface area contributed by atoms with Crippen LogP contribution >= 0.6 is 0 Å². The van der Waals surface area contributed by atoms with Crippen LogP contribution in [0.2, 0.25) is 0 Å². The number of benzene rings is 2. The third kappa shape index (κ3) is 4.97. The first kappa shape index (κ1) is 23.5. The topological polar surface area (TPSA) is 69.5 Å². The second-order valence-electron chi connectivity index (χ2n) is 7.66. The Hall–Kier alpha value is -3.63. The Labute approximate surface area is 192 Å². The number of ether oxygens (including phenoxy) is 2. The van der Waals surface area contributed by atoms with Crippen molar-refractivity contribution >= 4 is 5.91 Å². The molecule has 180 valence electrons. The van der Waals surface area contributed by atoms with E-state index in [-0.39, 0.29) is 24.9 Å². The van der Waals surface area contributed by atoms with Gasteiger partial charge in [-0.25, -0.2) is 9.07 Å². The Bertz CT molecular complexity index is 1140. The summed E-state index contributed by atoms with van der Waals surface area (Å²) in [6.45, 7) is 2.73. The fourth-order valence-corrected chi connectivity index (χ4v) is 3.77. The highest BCUT2D eigenvalue weighted by atomic mass is 19.4. The quantitative estimate of drug-likeness (QED) is 0.488. The number of aromatic nitrogens is 3. The van der Waals surface area contributed by atoms with Crippen LogP contribution in [0.3, 0.4) is 0 Å². The van der Waals surface area contributed by atoms with Gasteiger partial charge in [-0.2, -0.15) is 13.2 Å². The molecule has 7 nitrogen and oxygen atoms in total. The molecule has 1 aliphatic rings. The van der Waals surface area contributed by atoms with Crippen molar-refractivity contribution in [2.75, 3.05) is 19.7 Å². The molecule has 3 aromatic rings. The maximum absolute atomic E-state index is 13.9. The SMILES string of the molecule is CCOc1ccccc1OC1CCN(C(=O)c2nnn(-c3ccc(F)cc3)c2C(F)(F)F)CC1. The minimum atomic E-state index is -4.90. The van der Waals surface area contributed by atoms with Crippen LogP contribution in [0.4, 0.5) is 17.6 Å². The molecule has 0 spiro atoms. The number of piperidine rings is 1. The summed E-state index contributed by atoms with van der Waals surface area (Å²) in [5.74, 6) is -0.289. The summed E-state index contributed by atoms with van der Waals surface area (Å²) in [5, 5.41) is 7.07. The molecule has 1 aromatic heterocycles. The van der Waals surface area contributed by atoms with Crippen LogP contribution in [-0.4, -0.2) is 51.6 Å². The van der Waals surface area contributed by atoms with Crippen molar-refractivity contribution in [3.05, 3.63) is 65.7 Å². The summed E-state index contributed by atoms with van der Waals surface area (Å²) >= 11 is 0. The predicted octanol–water partition coefficient (Wildman–Crippen LogP) is 4.51. The third-order valence-corrected chi connectivity index (χ3v) is 5.38. The van der Waals surface area contributed by atoms with Gasteiger partial charge < -0.3 is 14.4 Å². The minimum Gasteiger partial charge on any atom is -0.490 e. The summed E-state index contributed by atoms with van der Waals surface area (Å²) in [7, 11) is 0. The number of rotatable bonds is 6. The number of nitrogens with zero attached hydrogens (tertiary/aromatic N) is 4. The number of hydrogen-bond donors (Lipinski definition) is 0. The lowest BCUT2D eigenvalue weighted by atomic mass is 10.1. The van der Waals surface area contributed by atoms with E-state index >= 15 is 0 Å². The highest BCUT2D eigenvalue weighted by Crippen LogP contribution is 2.34. The Morgan fingerprint density at radius 2 is 1.71 bits per heavy atom. The first-order chi connectivity index (χ1) is 16.3. The maximum atomic E-state index is 13.9. The van der Waals surface area contributed by atoms with E-state index in [0.717, 1.165) is 24.3 Å². The first-order valence-electron chi connectivity index (χ1n) is 10.7. The Balaban J connectivity index is 1.49. The van der Waals surface area contributed by atoms with Gasteiger partial charge in [0.1, 0.15) is 11.9 Å². The van der Waals surface area contributed by atoms with Gasteiger partial charge in [0.15, 0.2) is 22.9 Å². The Kier molecular flexibility index (Phi) is 6.71. The molecule has 0 N–H and O–H groups in total. The predicted molar refractivity (Wildman–Crippen MR) is 113 cm³/mol. The fraction of sp³-hybridized carbons (Fsp3) is 0.348. The molecule has 0 radical (unpaired) electrons. The van der Waals surface area contributed by atoms with Gasteiger partial charge in [0.05, 0.1) is 12.3 Å². The Morgan fingerprint density at radius 1 is 1.06 bits per heavy atom. The first-order valence-corrected chi connectivity index (χ1v) is 10.7. The van der Waals surface area contributed by atoms with Crippen LogP contribution in [0, 0.1) is 5.82 Å². The molecule has 0 unspecified atom stereocenters. The van der Waals surface area contributed by atoms with Gasteiger partial charge in [0, 0.05) is 25.9 Å². The summed E-state index contributed by atoms with van der Waals surface area (Å²) < 4.78 is 66.9. The van der Waals surface area contributed by atoms with Gasteiger partial charge in [0.2, 0.25) is 0 Å². The minimum absolute atomic E-state index is 0.0552. The molecule has 0 saturated carbocycles. The molecule has 34 heavy (non-hydrogen) atoms. The van der Waals surface area contributed by atoms with Crippen LogP contribution < -0.4 is 9.47 Å². The van der Waals surface area contributed by atoms with Gasteiger partial charge in [-0.05, 0) is 43.3 Å². The highest BCUT2D eigenvalue weighted by molar-refractivity contribution is 5.93. The lowest BCUT2D eigenvalue weighted by Crippen LogP contribution is -2.42. The molecular formula is C23H22F4N4O3. The van der Waals surface area contributed by atoms with E-state index in [2.05, 4.69) is 10.3 Å². The van der Waals surface area contributed by atoms with Crippen molar-refractivity contribution in [2.24, 2.45) is 0 Å². The third-order valence-electron chi connectivity index (χ3n) is 5.38. The van der Waals surface area contributed by atoms with E-state index in [1.54, 1.807) is 12.1 Å². The molecule has 11 heteroatoms. The second-order valence-corrected chi connectivity index (χ2v) is 7.66. The monoisotopic (exact) mass is 478 g/mol. The number of alkyl halides is 3. The molecule has 0 atom stereocenters. The van der Waals surface area contributed by atoms with Gasteiger partial charge in [0.25, 0.3) is 5.91 Å². The summed E-state index contributed by atoms with van der Waals surface area (Å²) in [6, 6.07) is 11.5. The second kappa shape index (κ2) is 9.70. The number of para-hydroxylation sites is 2. The van der Waals surface area contributed by atoms with E-state index in [1.165, 1.54) is 4.90 Å². The normalized spacial score (nSPS) is 14.8. The highest BCUT2D eigenvalue weighted by Gasteiger charge is 2.43. The number of likely N-dealkylation sites (tertiary alicyclic amines) is 1. The van der Waals surface area contributed by atoms with Crippen LogP contribution in [-0.2, 0) is 6.18 Å². The van der Waals surface area contributed by atoms with E-state index in [9.17, 15) is 22.4 Å². The van der Waals surface area contributed by atoms with Gasteiger partial charge in [-0.15, -0.1) is 5.10 Å². The summed E-state index contributed by atoms with van der Waals surface area (Å²) in [5.41, 5.74) is -2.15. The number of hydrogen-bond acceptors (Lipinski definition) is 5. The van der Waals surface area contributed by atoms with Gasteiger partial charge >= 0.3 is 6.18 Å². The smallest absolute Gasteiger partial charge is 0.435 e. The lowest BCUT2D eigenvalue weighted by molar-refractivity contribution is -0.143. The molecule has 2 heterocycles. The zero-order valence-electron chi connectivity index (χ0n) is 18.3. The van der Waals surface area contributed by atoms with Crippen molar-refractivity contribution in [3.8, 4) is 17.2 Å². The van der Waals surface area contributed by atoms with E-state index in [0.29, 0.717) is 35.6 Å². The van der Waals surface area contributed by atoms with E-state index in [1.807, 2.05) is 19.1 Å². The molecular weight excluding hydrogens is 456 g/mol. The molecule has 4 rings (SSSR count). The standard InChI is InChI=1S/C23H22F4N4O3/c1-2-33-18-5-3-4-6-19(18)34-17-11-13-30(14-12-17)22(32)20-21(23(25,26)27)31(29-28-20)16-9-7-15(24)8-10-16/h3-10,17H,2,11-14H2,1H3. The molecule has 0 aliphatic carbocycles. The number of carbonyl (C=O) groups is 1. The number of amides is 1. The van der Waals surface area contributed by atoms with Crippen LogP contribution in [0.15, 0.2) is 48.5 Å². The fourth-order valence-electron chi connectivity index (χ4n) is 3.77. The van der Waals surface area contributed by atoms with Crippen LogP contribution in [0.5, 0.6) is 11.5 Å². The van der Waals surface area contributed by atoms with Crippen molar-refractivity contribution < 1.29 is 31.8 Å².